The van der Waals surface area contributed by atoms with Crippen molar-refractivity contribution >= 4 is 27.5 Å². The highest BCUT2D eigenvalue weighted by Crippen LogP contribution is 2.44. The summed E-state index contributed by atoms with van der Waals surface area (Å²) >= 11 is 6.13. The van der Waals surface area contributed by atoms with Crippen molar-refractivity contribution in [1.82, 2.24) is 9.62 Å². The first-order valence-corrected chi connectivity index (χ1v) is 10.8. The van der Waals surface area contributed by atoms with Crippen LogP contribution in [0.2, 0.25) is 5.02 Å². The molecule has 2 fully saturated rings. The van der Waals surface area contributed by atoms with Crippen molar-refractivity contribution in [2.75, 3.05) is 13.1 Å². The SMILES string of the molecule is CCN(CC)S(=O)(=O)c1cc(C(=O)NC(C2CC2)C2CC2)ccc1Cl. The maximum Gasteiger partial charge on any atom is 0.251 e. The molecular formula is C18H25ClN2O3S. The van der Waals surface area contributed by atoms with Gasteiger partial charge in [-0.25, -0.2) is 8.42 Å². The molecule has 7 heteroatoms. The first-order chi connectivity index (χ1) is 11.9. The summed E-state index contributed by atoms with van der Waals surface area (Å²) in [5.41, 5.74) is 0.349. The smallest absolute Gasteiger partial charge is 0.251 e. The highest BCUT2D eigenvalue weighted by Gasteiger charge is 2.42. The molecule has 138 valence electrons. The molecule has 2 aliphatic carbocycles. The van der Waals surface area contributed by atoms with Gasteiger partial charge >= 0.3 is 0 Å². The molecule has 0 bridgehead atoms. The van der Waals surface area contributed by atoms with Crippen LogP contribution in [0.25, 0.3) is 0 Å². The van der Waals surface area contributed by atoms with E-state index >= 15 is 0 Å². The van der Waals surface area contributed by atoms with Crippen LogP contribution in [0.3, 0.4) is 0 Å². The number of hydrogen-bond donors (Lipinski definition) is 1. The normalized spacial score (nSPS) is 18.0. The fraction of sp³-hybridized carbons (Fsp3) is 0.611. The molecule has 0 unspecified atom stereocenters. The van der Waals surface area contributed by atoms with Gasteiger partial charge in [0.2, 0.25) is 10.0 Å². The van der Waals surface area contributed by atoms with Crippen LogP contribution in [0.4, 0.5) is 0 Å². The van der Waals surface area contributed by atoms with E-state index in [-0.39, 0.29) is 21.9 Å². The van der Waals surface area contributed by atoms with Crippen molar-refractivity contribution in [3.63, 3.8) is 0 Å². The predicted octanol–water partition coefficient (Wildman–Crippen LogP) is 3.29. The minimum Gasteiger partial charge on any atom is -0.349 e. The fourth-order valence-corrected chi connectivity index (χ4v) is 5.27. The summed E-state index contributed by atoms with van der Waals surface area (Å²) in [7, 11) is -3.70. The van der Waals surface area contributed by atoms with Crippen LogP contribution in [-0.2, 0) is 10.0 Å². The molecule has 0 spiro atoms. The van der Waals surface area contributed by atoms with Gasteiger partial charge in [-0.05, 0) is 55.7 Å². The molecule has 0 atom stereocenters. The Morgan fingerprint density at radius 3 is 2.24 bits per heavy atom. The molecule has 0 aromatic heterocycles. The Morgan fingerprint density at radius 1 is 1.20 bits per heavy atom. The Morgan fingerprint density at radius 2 is 1.76 bits per heavy atom. The Labute approximate surface area is 154 Å². The molecule has 1 aromatic rings. The first kappa shape index (κ1) is 18.7. The standard InChI is InChI=1S/C18H25ClN2O3S/c1-3-21(4-2)25(23,24)16-11-14(9-10-15(16)19)18(22)20-17(12-5-6-12)13-7-8-13/h9-13,17H,3-8H2,1-2H3,(H,20,22). The van der Waals surface area contributed by atoms with Crippen molar-refractivity contribution in [2.45, 2.75) is 50.5 Å². The predicted molar refractivity (Wildman–Crippen MR) is 98.3 cm³/mol. The molecule has 0 heterocycles. The molecule has 2 saturated carbocycles. The third-order valence-electron chi connectivity index (χ3n) is 5.07. The molecule has 1 aromatic carbocycles. The van der Waals surface area contributed by atoms with Gasteiger partial charge in [-0.15, -0.1) is 0 Å². The number of rotatable bonds is 8. The molecule has 0 aliphatic heterocycles. The third kappa shape index (κ3) is 4.01. The maximum atomic E-state index is 12.8. The van der Waals surface area contributed by atoms with E-state index in [1.807, 2.05) is 0 Å². The van der Waals surface area contributed by atoms with E-state index in [1.165, 1.54) is 42.1 Å². The third-order valence-corrected chi connectivity index (χ3v) is 7.61. The quantitative estimate of drug-likeness (QED) is 0.747. The second kappa shape index (κ2) is 7.25. The highest BCUT2D eigenvalue weighted by molar-refractivity contribution is 7.89. The van der Waals surface area contributed by atoms with Crippen molar-refractivity contribution in [2.24, 2.45) is 11.8 Å². The zero-order valence-electron chi connectivity index (χ0n) is 14.7. The van der Waals surface area contributed by atoms with Gasteiger partial charge in [-0.3, -0.25) is 4.79 Å². The topological polar surface area (TPSA) is 66.5 Å². The largest absolute Gasteiger partial charge is 0.349 e. The molecule has 5 nitrogen and oxygen atoms in total. The molecule has 0 saturated heterocycles. The number of amides is 1. The fourth-order valence-electron chi connectivity index (χ4n) is 3.31. The lowest BCUT2D eigenvalue weighted by molar-refractivity contribution is 0.0926. The number of benzene rings is 1. The second-order valence-electron chi connectivity index (χ2n) is 6.91. The summed E-state index contributed by atoms with van der Waals surface area (Å²) in [5, 5.41) is 3.27. The number of carbonyl (C=O) groups excluding carboxylic acids is 1. The van der Waals surface area contributed by atoms with Crippen molar-refractivity contribution in [3.05, 3.63) is 28.8 Å². The number of nitrogens with zero attached hydrogens (tertiary/aromatic N) is 1. The Bertz CT molecular complexity index is 742. The van der Waals surface area contributed by atoms with E-state index in [0.717, 1.165) is 0 Å². The minimum absolute atomic E-state index is 0.0000828. The number of nitrogens with one attached hydrogen (secondary N) is 1. The average Bonchev–Trinajstić information content (AvgIpc) is 3.47. The molecule has 3 rings (SSSR count). The zero-order valence-corrected chi connectivity index (χ0v) is 16.2. The van der Waals surface area contributed by atoms with Gasteiger partial charge in [-0.2, -0.15) is 4.31 Å². The molecule has 25 heavy (non-hydrogen) atoms. The van der Waals surface area contributed by atoms with Crippen LogP contribution in [0.5, 0.6) is 0 Å². The molecule has 0 radical (unpaired) electrons. The number of halogens is 1. The Kier molecular flexibility index (Phi) is 5.42. The summed E-state index contributed by atoms with van der Waals surface area (Å²) in [6.07, 6.45) is 4.68. The van der Waals surface area contributed by atoms with E-state index < -0.39 is 10.0 Å². The summed E-state index contributed by atoms with van der Waals surface area (Å²) in [6, 6.07) is 4.72. The van der Waals surface area contributed by atoms with Crippen LogP contribution in [-0.4, -0.2) is 37.8 Å². The monoisotopic (exact) mass is 384 g/mol. The van der Waals surface area contributed by atoms with Crippen molar-refractivity contribution in [1.29, 1.82) is 0 Å². The van der Waals surface area contributed by atoms with Gasteiger partial charge in [0.1, 0.15) is 4.90 Å². The maximum absolute atomic E-state index is 12.8. The van der Waals surface area contributed by atoms with Crippen molar-refractivity contribution in [3.8, 4) is 0 Å². The molecule has 1 amide bonds. The highest BCUT2D eigenvalue weighted by atomic mass is 35.5. The molecular weight excluding hydrogens is 360 g/mol. The van der Waals surface area contributed by atoms with Crippen LogP contribution < -0.4 is 5.32 Å². The Balaban J connectivity index is 1.84. The zero-order chi connectivity index (χ0) is 18.2. The minimum atomic E-state index is -3.70. The first-order valence-electron chi connectivity index (χ1n) is 8.99. The van der Waals surface area contributed by atoms with Gasteiger partial charge < -0.3 is 5.32 Å². The molecule has 1 N–H and O–H groups in total. The van der Waals surface area contributed by atoms with Gasteiger partial charge in [0.15, 0.2) is 0 Å². The van der Waals surface area contributed by atoms with Crippen molar-refractivity contribution < 1.29 is 13.2 Å². The summed E-state index contributed by atoms with van der Waals surface area (Å²) in [6.45, 7) is 4.27. The van der Waals surface area contributed by atoms with Crippen LogP contribution >= 0.6 is 11.6 Å². The van der Waals surface area contributed by atoms with Crippen LogP contribution in [0.1, 0.15) is 49.9 Å². The molecule has 2 aliphatic rings. The lowest BCUT2D eigenvalue weighted by Gasteiger charge is -2.20. The second-order valence-corrected chi connectivity index (χ2v) is 9.22. The van der Waals surface area contributed by atoms with E-state index in [2.05, 4.69) is 5.32 Å². The summed E-state index contributed by atoms with van der Waals surface area (Å²) in [5.74, 6) is 0.960. The lowest BCUT2D eigenvalue weighted by Crippen LogP contribution is -2.38. The van der Waals surface area contributed by atoms with Crippen LogP contribution in [0.15, 0.2) is 23.1 Å². The number of sulfonamides is 1. The van der Waals surface area contributed by atoms with E-state index in [1.54, 1.807) is 19.9 Å². The van der Waals surface area contributed by atoms with Gasteiger partial charge in [0, 0.05) is 24.7 Å². The van der Waals surface area contributed by atoms with E-state index in [0.29, 0.717) is 30.5 Å². The number of hydrogen-bond acceptors (Lipinski definition) is 3. The number of carbonyl (C=O) groups is 1. The average molecular weight is 385 g/mol. The lowest BCUT2D eigenvalue weighted by atomic mass is 10.1. The Hall–Kier alpha value is -1.11. The van der Waals surface area contributed by atoms with Gasteiger partial charge in [-0.1, -0.05) is 25.4 Å². The van der Waals surface area contributed by atoms with E-state index in [9.17, 15) is 13.2 Å². The van der Waals surface area contributed by atoms with Gasteiger partial charge in [0.25, 0.3) is 5.91 Å². The summed E-state index contributed by atoms with van der Waals surface area (Å²) < 4.78 is 26.9. The van der Waals surface area contributed by atoms with E-state index in [4.69, 9.17) is 11.6 Å². The van der Waals surface area contributed by atoms with Gasteiger partial charge in [0.05, 0.1) is 5.02 Å². The summed E-state index contributed by atoms with van der Waals surface area (Å²) in [4.78, 5) is 12.7. The van der Waals surface area contributed by atoms with Crippen LogP contribution in [0, 0.1) is 11.8 Å².